The minimum Gasteiger partial charge on any atom is -0.360 e. The summed E-state index contributed by atoms with van der Waals surface area (Å²) in [5.41, 5.74) is 2.07. The Labute approximate surface area is 182 Å². The summed E-state index contributed by atoms with van der Waals surface area (Å²) in [6.07, 6.45) is 3.78. The molecule has 0 radical (unpaired) electrons. The Hall–Kier alpha value is -2.81. The summed E-state index contributed by atoms with van der Waals surface area (Å²) in [6.45, 7) is 3.65. The number of anilines is 1. The fourth-order valence-corrected chi connectivity index (χ4v) is 5.12. The van der Waals surface area contributed by atoms with Gasteiger partial charge >= 0.3 is 0 Å². The summed E-state index contributed by atoms with van der Waals surface area (Å²) in [4.78, 5) is 6.94. The van der Waals surface area contributed by atoms with Crippen molar-refractivity contribution < 1.29 is 22.7 Å². The second-order valence-electron chi connectivity index (χ2n) is 7.68. The maximum atomic E-state index is 13.2. The lowest BCUT2D eigenvalue weighted by Gasteiger charge is -2.37. The maximum absolute atomic E-state index is 13.2. The molecule has 0 bridgehead atoms. The van der Waals surface area contributed by atoms with Gasteiger partial charge in [-0.25, -0.2) is 22.5 Å². The van der Waals surface area contributed by atoms with Gasteiger partial charge < -0.3 is 9.80 Å². The Morgan fingerprint density at radius 1 is 1.00 bits per heavy atom. The molecule has 2 heterocycles. The van der Waals surface area contributed by atoms with Gasteiger partial charge in [-0.1, -0.05) is 18.2 Å². The molecular formula is C23H27FN4O2S+2. The predicted octanol–water partition coefficient (Wildman–Crippen LogP) is 1.06. The molecule has 1 aliphatic rings. The molecule has 162 valence electrons. The number of sulfonamides is 1. The number of halogens is 1. The van der Waals surface area contributed by atoms with E-state index in [1.165, 1.54) is 17.0 Å². The van der Waals surface area contributed by atoms with Crippen molar-refractivity contribution in [2.24, 2.45) is 0 Å². The van der Waals surface area contributed by atoms with Crippen LogP contribution in [-0.2, 0) is 10.0 Å². The molecule has 8 heteroatoms. The van der Waals surface area contributed by atoms with Crippen molar-refractivity contribution in [2.75, 3.05) is 37.6 Å². The highest BCUT2D eigenvalue weighted by molar-refractivity contribution is 7.89. The minimum absolute atomic E-state index is 0.0219. The first kappa shape index (κ1) is 21.4. The van der Waals surface area contributed by atoms with Crippen LogP contribution in [0.3, 0.4) is 0 Å². The van der Waals surface area contributed by atoms with E-state index in [0.29, 0.717) is 6.54 Å². The molecule has 1 atom stereocenters. The number of aromatic nitrogens is 1. The van der Waals surface area contributed by atoms with E-state index in [2.05, 4.69) is 14.6 Å². The van der Waals surface area contributed by atoms with E-state index in [-0.39, 0.29) is 16.8 Å². The Bertz CT molecular complexity index is 1070. The van der Waals surface area contributed by atoms with Crippen molar-refractivity contribution in [1.29, 1.82) is 0 Å². The van der Waals surface area contributed by atoms with Crippen LogP contribution in [0.25, 0.3) is 0 Å². The molecule has 1 fully saturated rings. The SMILES string of the molecule is O=S(=O)(NCC(c1ccc[nH+]c1)[NH+]1CCN(c2ccc(F)cc2)CC1)c1ccccc1. The van der Waals surface area contributed by atoms with Gasteiger partial charge in [-0.3, -0.25) is 0 Å². The fourth-order valence-electron chi connectivity index (χ4n) is 4.05. The van der Waals surface area contributed by atoms with Gasteiger partial charge in [0, 0.05) is 11.8 Å². The van der Waals surface area contributed by atoms with Gasteiger partial charge in [0.25, 0.3) is 0 Å². The lowest BCUT2D eigenvalue weighted by Crippen LogP contribution is -3.15. The molecule has 0 spiro atoms. The van der Waals surface area contributed by atoms with Gasteiger partial charge in [0.1, 0.15) is 11.9 Å². The van der Waals surface area contributed by atoms with E-state index in [1.54, 1.807) is 42.5 Å². The Morgan fingerprint density at radius 2 is 1.71 bits per heavy atom. The maximum Gasteiger partial charge on any atom is 0.240 e. The number of pyridine rings is 1. The largest absolute Gasteiger partial charge is 0.360 e. The van der Waals surface area contributed by atoms with Crippen LogP contribution in [0.1, 0.15) is 11.6 Å². The first-order valence-electron chi connectivity index (χ1n) is 10.4. The Balaban J connectivity index is 1.47. The number of benzene rings is 2. The second-order valence-corrected chi connectivity index (χ2v) is 9.44. The zero-order valence-electron chi connectivity index (χ0n) is 17.2. The number of aromatic amines is 1. The van der Waals surface area contributed by atoms with Gasteiger partial charge in [0.2, 0.25) is 10.0 Å². The van der Waals surface area contributed by atoms with Gasteiger partial charge in [0.05, 0.1) is 43.2 Å². The number of quaternary nitrogens is 1. The summed E-state index contributed by atoms with van der Waals surface area (Å²) < 4.78 is 41.5. The summed E-state index contributed by atoms with van der Waals surface area (Å²) in [5, 5.41) is 0. The van der Waals surface area contributed by atoms with E-state index < -0.39 is 10.0 Å². The molecule has 6 nitrogen and oxygen atoms in total. The Kier molecular flexibility index (Phi) is 6.60. The number of H-pyrrole nitrogens is 1. The molecule has 31 heavy (non-hydrogen) atoms. The standard InChI is InChI=1S/C23H25FN4O2S/c24-20-8-10-21(11-9-20)27-13-15-28(16-14-27)23(19-5-4-12-25-17-19)18-26-31(29,30)22-6-2-1-3-7-22/h1-12,17,23,26H,13-16,18H2/p+2. The zero-order chi connectivity index (χ0) is 21.7. The first-order valence-corrected chi connectivity index (χ1v) is 11.9. The summed E-state index contributed by atoms with van der Waals surface area (Å²) in [5.74, 6) is -0.237. The van der Waals surface area contributed by atoms with E-state index in [4.69, 9.17) is 0 Å². The second kappa shape index (κ2) is 9.55. The number of nitrogens with one attached hydrogen (secondary N) is 3. The van der Waals surface area contributed by atoms with E-state index in [1.807, 2.05) is 24.5 Å². The normalized spacial score (nSPS) is 16.2. The van der Waals surface area contributed by atoms with Crippen LogP contribution in [0.2, 0.25) is 0 Å². The average molecular weight is 443 g/mol. The highest BCUT2D eigenvalue weighted by Gasteiger charge is 2.31. The highest BCUT2D eigenvalue weighted by atomic mass is 32.2. The van der Waals surface area contributed by atoms with Crippen LogP contribution in [0.4, 0.5) is 10.1 Å². The minimum atomic E-state index is -3.58. The average Bonchev–Trinajstić information content (AvgIpc) is 2.81. The van der Waals surface area contributed by atoms with E-state index in [0.717, 1.165) is 37.4 Å². The van der Waals surface area contributed by atoms with Gasteiger partial charge in [0.15, 0.2) is 12.4 Å². The van der Waals surface area contributed by atoms with Gasteiger partial charge in [-0.2, -0.15) is 0 Å². The molecule has 0 amide bonds. The molecule has 1 aliphatic heterocycles. The summed E-state index contributed by atoms with van der Waals surface area (Å²) in [6, 6.07) is 18.9. The van der Waals surface area contributed by atoms with Crippen LogP contribution >= 0.6 is 0 Å². The monoisotopic (exact) mass is 442 g/mol. The molecule has 1 aromatic heterocycles. The highest BCUT2D eigenvalue weighted by Crippen LogP contribution is 2.16. The van der Waals surface area contributed by atoms with Crippen LogP contribution < -0.4 is 19.5 Å². The van der Waals surface area contributed by atoms with Crippen molar-refractivity contribution in [1.82, 2.24) is 4.72 Å². The van der Waals surface area contributed by atoms with E-state index in [9.17, 15) is 12.8 Å². The summed E-state index contributed by atoms with van der Waals surface area (Å²) in [7, 11) is -3.58. The van der Waals surface area contributed by atoms with E-state index >= 15 is 0 Å². The molecule has 3 N–H and O–H groups in total. The van der Waals surface area contributed by atoms with Crippen LogP contribution in [0, 0.1) is 5.82 Å². The smallest absolute Gasteiger partial charge is 0.240 e. The topological polar surface area (TPSA) is 68.0 Å². The van der Waals surface area contributed by atoms with Crippen molar-refractivity contribution in [2.45, 2.75) is 10.9 Å². The van der Waals surface area contributed by atoms with Crippen molar-refractivity contribution in [3.8, 4) is 0 Å². The molecule has 3 aromatic rings. The van der Waals surface area contributed by atoms with Crippen LogP contribution in [0.5, 0.6) is 0 Å². The third-order valence-electron chi connectivity index (χ3n) is 5.75. The quantitative estimate of drug-likeness (QED) is 0.575. The van der Waals surface area contributed by atoms with Crippen molar-refractivity contribution >= 4 is 15.7 Å². The molecular weight excluding hydrogens is 415 g/mol. The summed E-state index contributed by atoms with van der Waals surface area (Å²) >= 11 is 0. The molecule has 1 unspecified atom stereocenters. The number of hydrogen-bond donors (Lipinski definition) is 2. The fraction of sp³-hybridized carbons (Fsp3) is 0.261. The number of nitrogens with zero attached hydrogens (tertiary/aromatic N) is 1. The lowest BCUT2D eigenvalue weighted by molar-refractivity contribution is -0.931. The van der Waals surface area contributed by atoms with Crippen LogP contribution in [0.15, 0.2) is 84.0 Å². The Morgan fingerprint density at radius 3 is 2.35 bits per heavy atom. The van der Waals surface area contributed by atoms with Crippen molar-refractivity contribution in [3.63, 3.8) is 0 Å². The third-order valence-corrected chi connectivity index (χ3v) is 7.19. The predicted molar refractivity (Wildman–Crippen MR) is 117 cm³/mol. The van der Waals surface area contributed by atoms with Gasteiger partial charge in [-0.05, 0) is 42.5 Å². The lowest BCUT2D eigenvalue weighted by atomic mass is 10.1. The number of rotatable bonds is 7. The zero-order valence-corrected chi connectivity index (χ0v) is 18.0. The van der Waals surface area contributed by atoms with Crippen molar-refractivity contribution in [3.05, 3.63) is 90.5 Å². The molecule has 2 aromatic carbocycles. The third kappa shape index (κ3) is 5.28. The van der Waals surface area contributed by atoms with Crippen LogP contribution in [-0.4, -0.2) is 41.1 Å². The number of piperazine rings is 1. The first-order chi connectivity index (χ1) is 15.0. The number of hydrogen-bond acceptors (Lipinski definition) is 3. The van der Waals surface area contributed by atoms with Gasteiger partial charge in [-0.15, -0.1) is 0 Å². The molecule has 1 saturated heterocycles. The molecule has 4 rings (SSSR count). The molecule has 0 aliphatic carbocycles. The molecule has 0 saturated carbocycles.